The third kappa shape index (κ3) is 1.96. The number of rotatable bonds is 3. The number of nitrogens with zero attached hydrogens (tertiary/aromatic N) is 4. The number of nitrogens with one attached hydrogen (secondary N) is 1. The summed E-state index contributed by atoms with van der Waals surface area (Å²) >= 11 is 0. The van der Waals surface area contributed by atoms with Crippen molar-refractivity contribution in [3.8, 4) is 0 Å². The number of carbonyl (C=O) groups excluding carboxylic acids is 1. The summed E-state index contributed by atoms with van der Waals surface area (Å²) in [5.41, 5.74) is 0.944. The lowest BCUT2D eigenvalue weighted by molar-refractivity contribution is 0.227. The number of carbonyl (C=O) groups is 1. The molecule has 2 amide bonds. The van der Waals surface area contributed by atoms with Gasteiger partial charge in [0.05, 0.1) is 12.6 Å². The van der Waals surface area contributed by atoms with Crippen LogP contribution in [0.15, 0.2) is 4.99 Å². The predicted octanol–water partition coefficient (Wildman–Crippen LogP) is 2.87. The van der Waals surface area contributed by atoms with Crippen LogP contribution in [0, 0.1) is 0 Å². The van der Waals surface area contributed by atoms with Gasteiger partial charge in [-0.05, 0) is 26.2 Å². The van der Waals surface area contributed by atoms with E-state index < -0.39 is 0 Å². The molecule has 3 aliphatic rings. The Labute approximate surface area is 130 Å². The first kappa shape index (κ1) is 13.8. The quantitative estimate of drug-likeness (QED) is 0.933. The van der Waals surface area contributed by atoms with E-state index in [-0.39, 0.29) is 12.1 Å². The van der Waals surface area contributed by atoms with E-state index >= 15 is 0 Å². The van der Waals surface area contributed by atoms with E-state index in [0.29, 0.717) is 19.0 Å². The van der Waals surface area contributed by atoms with Gasteiger partial charge in [-0.25, -0.2) is 9.78 Å². The van der Waals surface area contributed by atoms with Gasteiger partial charge in [-0.3, -0.25) is 14.8 Å². The zero-order chi connectivity index (χ0) is 15.3. The Kier molecular flexibility index (Phi) is 3.20. The standard InChI is InChI=1S/C16H23N5O/c1-3-8-20-15-12(14-17-10(2)9-21(14)16(20)22)18-13(19-15)11-6-4-5-7-11/h10-11H,3-9H2,1-2H3,(H,18,19). The van der Waals surface area contributed by atoms with Crippen LogP contribution in [0.5, 0.6) is 0 Å². The molecule has 118 valence electrons. The Morgan fingerprint density at radius 1 is 1.32 bits per heavy atom. The maximum atomic E-state index is 12.8. The normalized spacial score (nSPS) is 24.7. The molecule has 2 aliphatic heterocycles. The SMILES string of the molecule is CCCN1C(=O)N2CC(C)N=C2c2[nH]c(C3CCCC3)nc21. The molecule has 0 radical (unpaired) electrons. The summed E-state index contributed by atoms with van der Waals surface area (Å²) in [7, 11) is 0. The van der Waals surface area contributed by atoms with Crippen molar-refractivity contribution < 1.29 is 4.79 Å². The van der Waals surface area contributed by atoms with Gasteiger partial charge in [0, 0.05) is 12.5 Å². The molecule has 1 N–H and O–H groups in total. The Bertz CT molecular complexity index is 628. The van der Waals surface area contributed by atoms with Gasteiger partial charge in [-0.15, -0.1) is 0 Å². The molecule has 1 saturated carbocycles. The highest BCUT2D eigenvalue weighted by molar-refractivity contribution is 6.18. The molecule has 22 heavy (non-hydrogen) atoms. The van der Waals surface area contributed by atoms with Crippen molar-refractivity contribution in [2.45, 2.75) is 57.9 Å². The third-order valence-electron chi connectivity index (χ3n) is 4.88. The van der Waals surface area contributed by atoms with Crippen LogP contribution >= 0.6 is 0 Å². The molecule has 4 rings (SSSR count). The first-order valence-corrected chi connectivity index (χ1v) is 8.46. The lowest BCUT2D eigenvalue weighted by atomic mass is 10.1. The van der Waals surface area contributed by atoms with Crippen LogP contribution in [0.2, 0.25) is 0 Å². The molecule has 6 heteroatoms. The monoisotopic (exact) mass is 301 g/mol. The lowest BCUT2D eigenvalue weighted by Gasteiger charge is -2.32. The molecular weight excluding hydrogens is 278 g/mol. The second-order valence-electron chi connectivity index (χ2n) is 6.65. The van der Waals surface area contributed by atoms with Gasteiger partial charge in [0.25, 0.3) is 0 Å². The summed E-state index contributed by atoms with van der Waals surface area (Å²) in [6.45, 7) is 5.52. The fraction of sp³-hybridized carbons (Fsp3) is 0.688. The molecule has 0 spiro atoms. The first-order valence-electron chi connectivity index (χ1n) is 8.46. The van der Waals surface area contributed by atoms with Crippen LogP contribution in [-0.2, 0) is 0 Å². The number of aliphatic imine (C=N–C) groups is 1. The van der Waals surface area contributed by atoms with Crippen molar-refractivity contribution in [2.24, 2.45) is 4.99 Å². The van der Waals surface area contributed by atoms with Crippen LogP contribution in [0.3, 0.4) is 0 Å². The molecule has 3 heterocycles. The molecule has 0 bridgehead atoms. The summed E-state index contributed by atoms with van der Waals surface area (Å²) in [6, 6.07) is 0.188. The topological polar surface area (TPSA) is 64.6 Å². The van der Waals surface area contributed by atoms with Crippen molar-refractivity contribution in [3.05, 3.63) is 11.5 Å². The zero-order valence-corrected chi connectivity index (χ0v) is 13.3. The Hall–Kier alpha value is -1.85. The van der Waals surface area contributed by atoms with Crippen LogP contribution in [-0.4, -0.2) is 45.9 Å². The Morgan fingerprint density at radius 2 is 2.09 bits per heavy atom. The molecule has 0 saturated heterocycles. The smallest absolute Gasteiger partial charge is 0.331 e. The molecule has 1 atom stereocenters. The van der Waals surface area contributed by atoms with Crippen molar-refractivity contribution >= 4 is 17.7 Å². The van der Waals surface area contributed by atoms with Gasteiger partial charge in [0.2, 0.25) is 0 Å². The average molecular weight is 301 g/mol. The van der Waals surface area contributed by atoms with Crippen LogP contribution in [0.4, 0.5) is 10.6 Å². The molecule has 0 aromatic carbocycles. The van der Waals surface area contributed by atoms with Gasteiger partial charge < -0.3 is 4.98 Å². The number of anilines is 1. The number of H-pyrrole nitrogens is 1. The number of hydrogen-bond donors (Lipinski definition) is 1. The highest BCUT2D eigenvalue weighted by Gasteiger charge is 2.41. The minimum absolute atomic E-state index is 0.0296. The molecule has 1 aromatic heterocycles. The minimum Gasteiger partial charge on any atom is -0.337 e. The summed E-state index contributed by atoms with van der Waals surface area (Å²) in [5, 5.41) is 0. The van der Waals surface area contributed by atoms with Crippen LogP contribution in [0.25, 0.3) is 0 Å². The summed E-state index contributed by atoms with van der Waals surface area (Å²) in [6.07, 6.45) is 5.86. The predicted molar refractivity (Wildman–Crippen MR) is 85.5 cm³/mol. The summed E-state index contributed by atoms with van der Waals surface area (Å²) in [5.74, 6) is 3.13. The van der Waals surface area contributed by atoms with E-state index in [1.807, 2.05) is 4.90 Å². The highest BCUT2D eigenvalue weighted by Crippen LogP contribution is 2.37. The maximum absolute atomic E-state index is 12.8. The fourth-order valence-corrected chi connectivity index (χ4v) is 3.83. The zero-order valence-electron chi connectivity index (χ0n) is 13.3. The van der Waals surface area contributed by atoms with Crippen molar-refractivity contribution in [3.63, 3.8) is 0 Å². The van der Waals surface area contributed by atoms with Gasteiger partial charge in [0.15, 0.2) is 11.7 Å². The van der Waals surface area contributed by atoms with E-state index in [0.717, 1.165) is 29.6 Å². The highest BCUT2D eigenvalue weighted by atomic mass is 16.2. The largest absolute Gasteiger partial charge is 0.337 e. The number of fused-ring (bicyclic) bond motifs is 3. The van der Waals surface area contributed by atoms with Gasteiger partial charge >= 0.3 is 6.03 Å². The second-order valence-corrected chi connectivity index (χ2v) is 6.65. The van der Waals surface area contributed by atoms with Gasteiger partial charge in [-0.2, -0.15) is 0 Å². The molecule has 1 fully saturated rings. The summed E-state index contributed by atoms with van der Waals surface area (Å²) in [4.78, 5) is 29.3. The van der Waals surface area contributed by atoms with E-state index in [2.05, 4.69) is 23.8 Å². The number of urea groups is 1. The number of aromatic amines is 1. The van der Waals surface area contributed by atoms with E-state index in [4.69, 9.17) is 4.98 Å². The number of amidine groups is 1. The Balaban J connectivity index is 1.79. The van der Waals surface area contributed by atoms with Crippen LogP contribution in [0.1, 0.15) is 63.4 Å². The number of amides is 2. The van der Waals surface area contributed by atoms with Crippen LogP contribution < -0.4 is 4.90 Å². The average Bonchev–Trinajstić information content (AvgIpc) is 3.20. The maximum Gasteiger partial charge on any atom is 0.331 e. The molecule has 1 aromatic rings. The van der Waals surface area contributed by atoms with E-state index in [9.17, 15) is 4.79 Å². The minimum atomic E-state index is 0.0296. The number of aromatic nitrogens is 2. The fourth-order valence-electron chi connectivity index (χ4n) is 3.83. The molecule has 1 aliphatic carbocycles. The van der Waals surface area contributed by atoms with Gasteiger partial charge in [-0.1, -0.05) is 19.8 Å². The Morgan fingerprint density at radius 3 is 2.82 bits per heavy atom. The third-order valence-corrected chi connectivity index (χ3v) is 4.88. The lowest BCUT2D eigenvalue weighted by Crippen LogP contribution is -2.50. The number of hydrogen-bond acceptors (Lipinski definition) is 3. The van der Waals surface area contributed by atoms with E-state index in [1.54, 1.807) is 4.90 Å². The summed E-state index contributed by atoms with van der Waals surface area (Å²) < 4.78 is 0. The second kappa shape index (κ2) is 5.11. The molecule has 1 unspecified atom stereocenters. The van der Waals surface area contributed by atoms with Crippen molar-refractivity contribution in [1.82, 2.24) is 14.9 Å². The van der Waals surface area contributed by atoms with Crippen molar-refractivity contribution in [2.75, 3.05) is 18.0 Å². The van der Waals surface area contributed by atoms with E-state index in [1.165, 1.54) is 25.7 Å². The molecular formula is C16H23N5O. The number of imidazole rings is 1. The first-order chi connectivity index (χ1) is 10.7. The van der Waals surface area contributed by atoms with Gasteiger partial charge in [0.1, 0.15) is 11.5 Å². The molecule has 6 nitrogen and oxygen atoms in total. The van der Waals surface area contributed by atoms with Crippen molar-refractivity contribution in [1.29, 1.82) is 0 Å².